The SMILES string of the molecule is CCOP(=O)(OCC)C(C/C=C\C/C=C\C/C=C\CCC(=O)OC)C(C)=O. The highest BCUT2D eigenvalue weighted by Crippen LogP contribution is 2.54. The highest BCUT2D eigenvalue weighted by molar-refractivity contribution is 7.55. The van der Waals surface area contributed by atoms with Crippen molar-refractivity contribution in [2.24, 2.45) is 0 Å². The predicted molar refractivity (Wildman–Crippen MR) is 108 cm³/mol. The van der Waals surface area contributed by atoms with Gasteiger partial charge in [-0.2, -0.15) is 0 Å². The smallest absolute Gasteiger partial charge is 0.341 e. The molecule has 6 nitrogen and oxygen atoms in total. The maximum atomic E-state index is 12.8. The fourth-order valence-electron chi connectivity index (χ4n) is 2.28. The number of methoxy groups -OCH3 is 1. The van der Waals surface area contributed by atoms with Crippen molar-refractivity contribution in [1.82, 2.24) is 0 Å². The molecule has 0 saturated heterocycles. The largest absolute Gasteiger partial charge is 0.469 e. The van der Waals surface area contributed by atoms with Crippen LogP contribution in [0.2, 0.25) is 0 Å². The summed E-state index contributed by atoms with van der Waals surface area (Å²) in [5, 5.41) is 0. The summed E-state index contributed by atoms with van der Waals surface area (Å²) >= 11 is 0. The number of hydrogen-bond acceptors (Lipinski definition) is 6. The zero-order valence-electron chi connectivity index (χ0n) is 16.9. The minimum atomic E-state index is -3.43. The van der Waals surface area contributed by atoms with Crippen molar-refractivity contribution in [2.45, 2.75) is 58.5 Å². The molecule has 0 aromatic rings. The molecule has 0 amide bonds. The summed E-state index contributed by atoms with van der Waals surface area (Å²) in [6.07, 6.45) is 14.6. The Kier molecular flexibility index (Phi) is 14.7. The second-order valence-electron chi connectivity index (χ2n) is 5.74. The fraction of sp³-hybridized carbons (Fsp3) is 0.600. The highest BCUT2D eigenvalue weighted by Gasteiger charge is 2.37. The van der Waals surface area contributed by atoms with Gasteiger partial charge in [0.1, 0.15) is 11.4 Å². The second-order valence-corrected chi connectivity index (χ2v) is 7.96. The third kappa shape index (κ3) is 11.8. The van der Waals surface area contributed by atoms with Gasteiger partial charge < -0.3 is 13.8 Å². The third-order valence-corrected chi connectivity index (χ3v) is 6.19. The summed E-state index contributed by atoms with van der Waals surface area (Å²) in [6, 6.07) is 0. The van der Waals surface area contributed by atoms with Crippen molar-refractivity contribution < 1.29 is 27.9 Å². The number of rotatable bonds is 15. The van der Waals surface area contributed by atoms with Gasteiger partial charge in [0.15, 0.2) is 0 Å². The lowest BCUT2D eigenvalue weighted by atomic mass is 10.2. The molecule has 154 valence electrons. The van der Waals surface area contributed by atoms with E-state index in [0.29, 0.717) is 25.7 Å². The van der Waals surface area contributed by atoms with E-state index in [1.54, 1.807) is 13.8 Å². The molecule has 0 heterocycles. The lowest BCUT2D eigenvalue weighted by Gasteiger charge is -2.23. The zero-order valence-corrected chi connectivity index (χ0v) is 17.8. The van der Waals surface area contributed by atoms with Gasteiger partial charge in [-0.15, -0.1) is 0 Å². The van der Waals surface area contributed by atoms with E-state index in [-0.39, 0.29) is 25.0 Å². The molecule has 27 heavy (non-hydrogen) atoms. The van der Waals surface area contributed by atoms with Crippen LogP contribution in [0.25, 0.3) is 0 Å². The van der Waals surface area contributed by atoms with E-state index in [1.807, 2.05) is 36.5 Å². The van der Waals surface area contributed by atoms with Gasteiger partial charge in [-0.25, -0.2) is 0 Å². The van der Waals surface area contributed by atoms with Crippen LogP contribution in [0.4, 0.5) is 0 Å². The van der Waals surface area contributed by atoms with E-state index in [1.165, 1.54) is 14.0 Å². The Labute approximate surface area is 163 Å². The Morgan fingerprint density at radius 2 is 1.44 bits per heavy atom. The van der Waals surface area contributed by atoms with Gasteiger partial charge in [0.05, 0.1) is 20.3 Å². The quantitative estimate of drug-likeness (QED) is 0.219. The Bertz CT molecular complexity index is 555. The van der Waals surface area contributed by atoms with Crippen LogP contribution in [-0.2, 0) is 27.9 Å². The molecule has 0 aliphatic heterocycles. The van der Waals surface area contributed by atoms with Crippen LogP contribution >= 0.6 is 7.60 Å². The molecule has 0 aliphatic rings. The van der Waals surface area contributed by atoms with E-state index in [9.17, 15) is 14.2 Å². The van der Waals surface area contributed by atoms with Crippen molar-refractivity contribution in [3.05, 3.63) is 36.5 Å². The Morgan fingerprint density at radius 3 is 1.93 bits per heavy atom. The first-order valence-electron chi connectivity index (χ1n) is 9.32. The first kappa shape index (κ1) is 25.5. The molecule has 0 aromatic heterocycles. The average Bonchev–Trinajstić information content (AvgIpc) is 2.62. The molecule has 0 aromatic carbocycles. The fourth-order valence-corrected chi connectivity index (χ4v) is 4.26. The number of Topliss-reactive ketones (excluding diaryl/α,β-unsaturated/α-hetero) is 1. The number of ether oxygens (including phenoxy) is 1. The number of allylic oxidation sites excluding steroid dienone is 6. The van der Waals surface area contributed by atoms with Crippen LogP contribution in [-0.4, -0.2) is 37.7 Å². The number of carbonyl (C=O) groups excluding carboxylic acids is 2. The van der Waals surface area contributed by atoms with Crippen molar-refractivity contribution in [2.75, 3.05) is 20.3 Å². The molecule has 0 saturated carbocycles. The summed E-state index contributed by atoms with van der Waals surface area (Å²) in [4.78, 5) is 22.8. The molecule has 0 spiro atoms. The van der Waals surface area contributed by atoms with Crippen LogP contribution in [0.3, 0.4) is 0 Å². The normalized spacial score (nSPS) is 13.6. The average molecular weight is 400 g/mol. The Hall–Kier alpha value is -1.49. The molecule has 0 radical (unpaired) electrons. The summed E-state index contributed by atoms with van der Waals surface area (Å²) in [5.74, 6) is -0.403. The van der Waals surface area contributed by atoms with Gasteiger partial charge in [-0.05, 0) is 46.5 Å². The molecule has 0 fully saturated rings. The molecule has 0 bridgehead atoms. The Balaban J connectivity index is 4.33. The minimum absolute atomic E-state index is 0.197. The minimum Gasteiger partial charge on any atom is -0.469 e. The molecular weight excluding hydrogens is 367 g/mol. The second kappa shape index (κ2) is 15.6. The molecule has 0 aliphatic carbocycles. The topological polar surface area (TPSA) is 78.9 Å². The molecular formula is C20H33O6P. The van der Waals surface area contributed by atoms with Crippen molar-refractivity contribution in [3.8, 4) is 0 Å². The van der Waals surface area contributed by atoms with Gasteiger partial charge >= 0.3 is 13.6 Å². The molecule has 1 unspecified atom stereocenters. The van der Waals surface area contributed by atoms with Crippen molar-refractivity contribution in [1.29, 1.82) is 0 Å². The van der Waals surface area contributed by atoms with Crippen LogP contribution < -0.4 is 0 Å². The zero-order chi connectivity index (χ0) is 20.5. The van der Waals surface area contributed by atoms with Crippen LogP contribution in [0, 0.1) is 0 Å². The Morgan fingerprint density at radius 1 is 0.926 bits per heavy atom. The molecule has 0 N–H and O–H groups in total. The first-order chi connectivity index (χ1) is 12.9. The lowest BCUT2D eigenvalue weighted by Crippen LogP contribution is -2.20. The number of ketones is 1. The highest BCUT2D eigenvalue weighted by atomic mass is 31.2. The summed E-state index contributed by atoms with van der Waals surface area (Å²) in [5.41, 5.74) is -0.768. The van der Waals surface area contributed by atoms with Crippen LogP contribution in [0.15, 0.2) is 36.5 Å². The maximum absolute atomic E-state index is 12.8. The van der Waals surface area contributed by atoms with Crippen molar-refractivity contribution >= 4 is 19.3 Å². The van der Waals surface area contributed by atoms with E-state index in [0.717, 1.165) is 6.42 Å². The van der Waals surface area contributed by atoms with Crippen molar-refractivity contribution in [3.63, 3.8) is 0 Å². The predicted octanol–water partition coefficient (Wildman–Crippen LogP) is 5.00. The summed E-state index contributed by atoms with van der Waals surface area (Å²) in [6.45, 7) is 5.34. The first-order valence-corrected chi connectivity index (χ1v) is 10.9. The summed E-state index contributed by atoms with van der Waals surface area (Å²) in [7, 11) is -2.05. The van der Waals surface area contributed by atoms with E-state index < -0.39 is 13.3 Å². The van der Waals surface area contributed by atoms with E-state index in [2.05, 4.69) is 4.74 Å². The van der Waals surface area contributed by atoms with Crippen LogP contribution in [0.5, 0.6) is 0 Å². The van der Waals surface area contributed by atoms with Gasteiger partial charge in [0.25, 0.3) is 0 Å². The number of carbonyl (C=O) groups is 2. The van der Waals surface area contributed by atoms with Gasteiger partial charge in [0, 0.05) is 6.42 Å². The van der Waals surface area contributed by atoms with Gasteiger partial charge in [-0.3, -0.25) is 14.2 Å². The number of hydrogen-bond donors (Lipinski definition) is 0. The van der Waals surface area contributed by atoms with E-state index in [4.69, 9.17) is 9.05 Å². The lowest BCUT2D eigenvalue weighted by molar-refractivity contribution is -0.140. The maximum Gasteiger partial charge on any atom is 0.341 e. The van der Waals surface area contributed by atoms with E-state index >= 15 is 0 Å². The molecule has 7 heteroatoms. The third-order valence-electron chi connectivity index (χ3n) is 3.62. The number of esters is 1. The summed E-state index contributed by atoms with van der Waals surface area (Å²) < 4.78 is 27.9. The van der Waals surface area contributed by atoms with Gasteiger partial charge in [0.2, 0.25) is 0 Å². The monoisotopic (exact) mass is 400 g/mol. The molecule has 1 atom stereocenters. The van der Waals surface area contributed by atoms with Gasteiger partial charge in [-0.1, -0.05) is 36.5 Å². The molecule has 0 rings (SSSR count). The standard InChI is InChI=1S/C20H33O6P/c1-5-25-27(23,26-6-2)19(18(3)21)16-14-12-10-8-7-9-11-13-15-17-20(22)24-4/h7-8,11-14,19H,5-6,9-10,15-17H2,1-4H3/b8-7-,13-11-,14-12-. The van der Waals surface area contributed by atoms with Crippen LogP contribution in [0.1, 0.15) is 52.9 Å².